The van der Waals surface area contributed by atoms with Gasteiger partial charge in [0.1, 0.15) is 5.75 Å². The normalized spacial score (nSPS) is 33.9. The van der Waals surface area contributed by atoms with Gasteiger partial charge in [-0.05, 0) is 31.7 Å². The summed E-state index contributed by atoms with van der Waals surface area (Å²) in [4.78, 5) is 2.24. The molecule has 0 aliphatic carbocycles. The van der Waals surface area contributed by atoms with Gasteiger partial charge in [-0.3, -0.25) is 4.90 Å². The smallest absolute Gasteiger partial charge is 0.118 e. The van der Waals surface area contributed by atoms with Gasteiger partial charge in [-0.15, -0.1) is 0 Å². The Bertz CT molecular complexity index is 368. The van der Waals surface area contributed by atoms with Crippen LogP contribution in [0.25, 0.3) is 0 Å². The number of nitrogens with zero attached hydrogens (tertiary/aromatic N) is 1. The van der Waals surface area contributed by atoms with Crippen molar-refractivity contribution in [2.45, 2.75) is 29.0 Å². The molecule has 0 unspecified atom stereocenters. The molecule has 17 heavy (non-hydrogen) atoms. The minimum atomic E-state index is -0.271. The van der Waals surface area contributed by atoms with E-state index < -0.39 is 0 Å². The first kappa shape index (κ1) is 13.1. The lowest BCUT2D eigenvalue weighted by molar-refractivity contribution is 0.137. The number of likely N-dealkylation sites (N-methyl/N-ethyl adjacent to an activating group) is 1. The zero-order chi connectivity index (χ0) is 12.6. The van der Waals surface area contributed by atoms with Gasteiger partial charge in [0.25, 0.3) is 0 Å². The van der Waals surface area contributed by atoms with E-state index in [1.54, 1.807) is 7.11 Å². The molecule has 2 rings (SSSR count). The molecule has 1 fully saturated rings. The van der Waals surface area contributed by atoms with Crippen LogP contribution in [0.4, 0.5) is 0 Å². The van der Waals surface area contributed by atoms with E-state index in [1.165, 1.54) is 5.56 Å². The van der Waals surface area contributed by atoms with E-state index in [2.05, 4.69) is 53.6 Å². The Labute approximate surface area is 116 Å². The number of hydrogen-bond acceptors (Lipinski definition) is 3. The van der Waals surface area contributed by atoms with Gasteiger partial charge in [-0.1, -0.05) is 34.7 Å². The monoisotopic (exact) mass is 347 g/mol. The van der Waals surface area contributed by atoms with E-state index in [4.69, 9.17) is 4.74 Å². The lowest BCUT2D eigenvalue weighted by Gasteiger charge is -2.24. The van der Waals surface area contributed by atoms with Gasteiger partial charge in [-0.2, -0.15) is 0 Å². The van der Waals surface area contributed by atoms with Crippen LogP contribution in [0, 0.1) is 0 Å². The second-order valence-corrected chi connectivity index (χ2v) is 6.00. The number of rotatable bonds is 2. The lowest BCUT2D eigenvalue weighted by Crippen LogP contribution is -2.30. The number of methoxy groups -OCH3 is 1. The van der Waals surface area contributed by atoms with E-state index in [9.17, 15) is 5.11 Å². The average Bonchev–Trinajstić information content (AvgIpc) is 2.54. The number of aliphatic hydroxyl groups is 1. The Morgan fingerprint density at radius 3 is 2.29 bits per heavy atom. The molecular formula is C13H18INO2. The predicted molar refractivity (Wildman–Crippen MR) is 76.8 cm³/mol. The molecule has 1 N–H and O–H groups in total. The highest BCUT2D eigenvalue weighted by Gasteiger charge is 2.43. The molecule has 1 heterocycles. The maximum atomic E-state index is 10.1. The molecule has 0 aromatic heterocycles. The zero-order valence-electron chi connectivity index (χ0n) is 10.3. The first-order chi connectivity index (χ1) is 8.06. The minimum absolute atomic E-state index is 0.198. The molecule has 94 valence electrons. The van der Waals surface area contributed by atoms with Gasteiger partial charge in [0.2, 0.25) is 0 Å². The van der Waals surface area contributed by atoms with E-state index in [0.29, 0.717) is 0 Å². The topological polar surface area (TPSA) is 32.7 Å². The van der Waals surface area contributed by atoms with Gasteiger partial charge in [-0.25, -0.2) is 0 Å². The molecule has 0 spiro atoms. The fourth-order valence-electron chi connectivity index (χ4n) is 2.39. The van der Waals surface area contributed by atoms with Crippen LogP contribution >= 0.6 is 22.6 Å². The molecule has 0 saturated carbocycles. The Morgan fingerprint density at radius 2 is 1.88 bits per heavy atom. The van der Waals surface area contributed by atoms with Crippen LogP contribution in [0.5, 0.6) is 5.75 Å². The molecule has 1 aromatic carbocycles. The van der Waals surface area contributed by atoms with Gasteiger partial charge in [0.15, 0.2) is 0 Å². The molecule has 3 nitrogen and oxygen atoms in total. The van der Waals surface area contributed by atoms with Crippen molar-refractivity contribution in [2.24, 2.45) is 0 Å². The zero-order valence-corrected chi connectivity index (χ0v) is 12.5. The van der Waals surface area contributed by atoms with E-state index in [-0.39, 0.29) is 22.1 Å². The number of likely N-dealkylation sites (tertiary alicyclic amines) is 1. The quantitative estimate of drug-likeness (QED) is 0.658. The SMILES string of the molecule is COc1ccc([C@@H]2[C@@H](I)[C@H](O)[C@@H](C)N2C)cc1. The summed E-state index contributed by atoms with van der Waals surface area (Å²) in [6, 6.07) is 8.58. The number of ether oxygens (including phenoxy) is 1. The Morgan fingerprint density at radius 1 is 1.29 bits per heavy atom. The van der Waals surface area contributed by atoms with Crippen molar-refractivity contribution in [1.82, 2.24) is 4.90 Å². The fraction of sp³-hybridized carbons (Fsp3) is 0.538. The minimum Gasteiger partial charge on any atom is -0.497 e. The van der Waals surface area contributed by atoms with Gasteiger partial charge >= 0.3 is 0 Å². The number of halogens is 1. The molecule has 1 aliphatic rings. The maximum absolute atomic E-state index is 10.1. The van der Waals surface area contributed by atoms with E-state index in [1.807, 2.05) is 12.1 Å². The highest BCUT2D eigenvalue weighted by Crippen LogP contribution is 2.40. The summed E-state index contributed by atoms with van der Waals surface area (Å²) in [6.45, 7) is 2.07. The summed E-state index contributed by atoms with van der Waals surface area (Å²) in [7, 11) is 3.74. The summed E-state index contributed by atoms with van der Waals surface area (Å²) >= 11 is 2.35. The van der Waals surface area contributed by atoms with E-state index >= 15 is 0 Å². The Balaban J connectivity index is 2.26. The molecule has 1 saturated heterocycles. The van der Waals surface area contributed by atoms with E-state index in [0.717, 1.165) is 5.75 Å². The molecule has 4 atom stereocenters. The summed E-state index contributed by atoms with van der Waals surface area (Å²) in [6.07, 6.45) is -0.271. The van der Waals surface area contributed by atoms with Crippen molar-refractivity contribution in [2.75, 3.05) is 14.2 Å². The van der Waals surface area contributed by atoms with Crippen LogP contribution in [0.3, 0.4) is 0 Å². The third-order valence-electron chi connectivity index (χ3n) is 3.66. The second kappa shape index (κ2) is 5.12. The first-order valence-electron chi connectivity index (χ1n) is 5.74. The van der Waals surface area contributed by atoms with Gasteiger partial charge in [0.05, 0.1) is 17.1 Å². The summed E-state index contributed by atoms with van der Waals surface area (Å²) in [5.74, 6) is 0.869. The molecule has 4 heteroatoms. The molecule has 1 aliphatic heterocycles. The molecule has 1 aromatic rings. The molecule has 0 amide bonds. The van der Waals surface area contributed by atoms with Gasteiger partial charge in [0, 0.05) is 12.1 Å². The van der Waals surface area contributed by atoms with Crippen molar-refractivity contribution in [3.8, 4) is 5.75 Å². The summed E-state index contributed by atoms with van der Waals surface area (Å²) < 4.78 is 5.39. The Hall–Kier alpha value is -0.330. The third-order valence-corrected chi connectivity index (χ3v) is 5.08. The van der Waals surface area contributed by atoms with Crippen LogP contribution in [0.2, 0.25) is 0 Å². The standard InChI is InChI=1S/C13H18INO2/c1-8-13(16)11(14)12(15(8)2)9-4-6-10(17-3)7-5-9/h4-8,11-13,16H,1-3H3/t8-,11-,12-,13-/m1/s1. The van der Waals surface area contributed by atoms with Crippen molar-refractivity contribution in [1.29, 1.82) is 0 Å². The maximum Gasteiger partial charge on any atom is 0.118 e. The first-order valence-corrected chi connectivity index (χ1v) is 6.99. The van der Waals surface area contributed by atoms with Crippen LogP contribution in [0.1, 0.15) is 18.5 Å². The lowest BCUT2D eigenvalue weighted by atomic mass is 10.0. The largest absolute Gasteiger partial charge is 0.497 e. The summed E-state index contributed by atoms with van der Waals surface area (Å²) in [5.41, 5.74) is 1.23. The number of aliphatic hydroxyl groups excluding tert-OH is 1. The van der Waals surface area contributed by atoms with Gasteiger partial charge < -0.3 is 9.84 Å². The highest BCUT2D eigenvalue weighted by atomic mass is 127. The molecule has 0 bridgehead atoms. The van der Waals surface area contributed by atoms with Crippen LogP contribution < -0.4 is 4.74 Å². The van der Waals surface area contributed by atoms with Crippen LogP contribution in [-0.2, 0) is 0 Å². The van der Waals surface area contributed by atoms with Crippen LogP contribution in [-0.4, -0.2) is 40.2 Å². The predicted octanol–water partition coefficient (Wildman–Crippen LogP) is 2.23. The molecule has 0 radical (unpaired) electrons. The number of hydrogen-bond donors (Lipinski definition) is 1. The Kier molecular flexibility index (Phi) is 3.95. The number of benzene rings is 1. The third kappa shape index (κ3) is 2.30. The average molecular weight is 347 g/mol. The fourth-order valence-corrected chi connectivity index (χ4v) is 3.92. The molecular weight excluding hydrogens is 329 g/mol. The van der Waals surface area contributed by atoms with Crippen molar-refractivity contribution < 1.29 is 9.84 Å². The van der Waals surface area contributed by atoms with Crippen LogP contribution in [0.15, 0.2) is 24.3 Å². The number of alkyl halides is 1. The van der Waals surface area contributed by atoms with Crippen molar-refractivity contribution in [3.63, 3.8) is 0 Å². The van der Waals surface area contributed by atoms with Crippen molar-refractivity contribution >= 4 is 22.6 Å². The van der Waals surface area contributed by atoms with Crippen molar-refractivity contribution in [3.05, 3.63) is 29.8 Å². The highest BCUT2D eigenvalue weighted by molar-refractivity contribution is 14.1. The summed E-state index contributed by atoms with van der Waals surface area (Å²) in [5, 5.41) is 10.1. The second-order valence-electron chi connectivity index (χ2n) is 4.56.